The smallest absolute Gasteiger partial charge is 0.258 e. The maximum atomic E-state index is 14.3. The van der Waals surface area contributed by atoms with Gasteiger partial charge in [-0.3, -0.25) is 9.59 Å². The molecule has 388 valence electrons. The first-order chi connectivity index (χ1) is 35.5. The molecule has 0 radical (unpaired) electrons. The largest absolute Gasteiger partial charge is 0.493 e. The second-order valence-corrected chi connectivity index (χ2v) is 23.1. The molecule has 73 heavy (non-hydrogen) atoms. The molecule has 0 fully saturated rings. The molecule has 0 spiro atoms. The highest BCUT2D eigenvalue weighted by molar-refractivity contribution is 8.77. The molecule has 0 aliphatic carbocycles. The molecule has 4 aliphatic heterocycles. The number of amides is 2. The van der Waals surface area contributed by atoms with Gasteiger partial charge >= 0.3 is 0 Å². The number of carbonyl (C=O) groups excluding carboxylic acids is 2. The maximum Gasteiger partial charge on any atom is 0.258 e. The molecule has 0 bridgehead atoms. The summed E-state index contributed by atoms with van der Waals surface area (Å²) in [5.41, 5.74) is 11.7. The van der Waals surface area contributed by atoms with Gasteiger partial charge in [0.25, 0.3) is 11.8 Å². The Morgan fingerprint density at radius 1 is 0.671 bits per heavy atom. The van der Waals surface area contributed by atoms with E-state index in [4.69, 9.17) is 39.2 Å². The number of benzene rings is 5. The highest BCUT2D eigenvalue weighted by Gasteiger charge is 2.39. The number of hydrogen-bond acceptors (Lipinski definition) is 13. The van der Waals surface area contributed by atoms with Crippen molar-refractivity contribution in [2.45, 2.75) is 95.8 Å². The van der Waals surface area contributed by atoms with E-state index >= 15 is 0 Å². The summed E-state index contributed by atoms with van der Waals surface area (Å²) in [5.74, 6) is 8.16. The average molecular weight is 1030 g/mol. The lowest BCUT2D eigenvalue weighted by atomic mass is 9.98. The van der Waals surface area contributed by atoms with Crippen LogP contribution in [0.15, 0.2) is 91.0 Å². The molecule has 9 rings (SSSR count). The van der Waals surface area contributed by atoms with Crippen molar-refractivity contribution < 1.29 is 42.8 Å². The van der Waals surface area contributed by atoms with Crippen molar-refractivity contribution in [3.63, 3.8) is 0 Å². The Labute approximate surface area is 438 Å². The summed E-state index contributed by atoms with van der Waals surface area (Å²) in [6.45, 7) is 11.5. The van der Waals surface area contributed by atoms with E-state index in [0.717, 1.165) is 113 Å². The molecular formula is C58H70N4O9S2. The van der Waals surface area contributed by atoms with Crippen molar-refractivity contribution in [2.24, 2.45) is 5.90 Å². The lowest BCUT2D eigenvalue weighted by Gasteiger charge is -2.34. The van der Waals surface area contributed by atoms with Gasteiger partial charge in [0.1, 0.15) is 19.0 Å². The molecule has 13 nitrogen and oxygen atoms in total. The lowest BCUT2D eigenvalue weighted by molar-refractivity contribution is 0.0264. The number of fused-ring (bicyclic) bond motifs is 8. The zero-order valence-electron chi connectivity index (χ0n) is 43.0. The summed E-state index contributed by atoms with van der Waals surface area (Å²) in [4.78, 5) is 39.7. The molecule has 2 atom stereocenters. The van der Waals surface area contributed by atoms with Gasteiger partial charge in [-0.25, -0.2) is 5.90 Å². The van der Waals surface area contributed by atoms with Gasteiger partial charge in [-0.2, -0.15) is 0 Å². The molecule has 0 saturated heterocycles. The van der Waals surface area contributed by atoms with Crippen LogP contribution in [0.2, 0.25) is 0 Å². The summed E-state index contributed by atoms with van der Waals surface area (Å²) in [7, 11) is 6.97. The fourth-order valence-electron chi connectivity index (χ4n) is 10.7. The van der Waals surface area contributed by atoms with Crippen LogP contribution in [0.25, 0.3) is 0 Å². The van der Waals surface area contributed by atoms with Crippen LogP contribution in [0, 0.1) is 6.92 Å². The van der Waals surface area contributed by atoms with E-state index in [1.165, 1.54) is 11.1 Å². The third-order valence-electron chi connectivity index (χ3n) is 14.2. The highest BCUT2D eigenvalue weighted by atomic mass is 33.1. The van der Waals surface area contributed by atoms with Crippen LogP contribution >= 0.6 is 21.6 Å². The molecule has 4 aliphatic rings. The van der Waals surface area contributed by atoms with E-state index in [9.17, 15) is 9.59 Å². The van der Waals surface area contributed by atoms with Gasteiger partial charge in [-0.15, -0.1) is 0 Å². The SMILES string of the molecule is COCCOCCOCCN(CC(C)(C)SSCCCON)c1cc(COc2cc3c(cc2C)C(=O)N2c4ccccc4C[C@H]2CC3)cc(COc2cc3c(cc2OC)C(=O)N2c4ccccc4C[C@H]2CC3)c1. The Hall–Kier alpha value is -5.26. The van der Waals surface area contributed by atoms with Crippen molar-refractivity contribution in [1.82, 2.24) is 0 Å². The molecular weight excluding hydrogens is 961 g/mol. The number of methoxy groups -OCH3 is 2. The maximum absolute atomic E-state index is 14.3. The third-order valence-corrected chi connectivity index (χ3v) is 17.5. The van der Waals surface area contributed by atoms with E-state index in [0.29, 0.717) is 69.9 Å². The van der Waals surface area contributed by atoms with Crippen LogP contribution in [0.3, 0.4) is 0 Å². The Balaban J connectivity index is 0.988. The van der Waals surface area contributed by atoms with Crippen LogP contribution in [0.1, 0.15) is 92.8 Å². The molecule has 15 heteroatoms. The van der Waals surface area contributed by atoms with Crippen LogP contribution in [-0.2, 0) is 57.9 Å². The van der Waals surface area contributed by atoms with E-state index in [-0.39, 0.29) is 35.3 Å². The summed E-state index contributed by atoms with van der Waals surface area (Å²) in [6.07, 6.45) is 5.87. The fraction of sp³-hybridized carbons (Fsp3) is 0.448. The molecule has 5 aromatic rings. The van der Waals surface area contributed by atoms with Gasteiger partial charge in [-0.1, -0.05) is 58.0 Å². The second-order valence-electron chi connectivity index (χ2n) is 19.9. The summed E-state index contributed by atoms with van der Waals surface area (Å²) in [5, 5.41) is 0. The molecule has 4 heterocycles. The normalized spacial score (nSPS) is 16.7. The minimum Gasteiger partial charge on any atom is -0.493 e. The number of carbonyl (C=O) groups is 2. The Kier molecular flexibility index (Phi) is 17.6. The van der Waals surface area contributed by atoms with Crippen molar-refractivity contribution >= 4 is 50.5 Å². The van der Waals surface area contributed by atoms with Crippen molar-refractivity contribution in [2.75, 3.05) is 87.4 Å². The summed E-state index contributed by atoms with van der Waals surface area (Å²) < 4.78 is 36.3. The molecule has 5 aromatic carbocycles. The van der Waals surface area contributed by atoms with Crippen LogP contribution < -0.4 is 34.8 Å². The highest BCUT2D eigenvalue weighted by Crippen LogP contribution is 2.43. The zero-order valence-corrected chi connectivity index (χ0v) is 44.6. The lowest BCUT2D eigenvalue weighted by Crippen LogP contribution is -2.38. The van der Waals surface area contributed by atoms with E-state index in [2.05, 4.69) is 67.3 Å². The molecule has 2 amide bonds. The number of nitrogens with two attached hydrogens (primary N) is 1. The molecule has 0 saturated carbocycles. The zero-order chi connectivity index (χ0) is 50.9. The average Bonchev–Trinajstić information content (AvgIpc) is 3.89. The monoisotopic (exact) mass is 1030 g/mol. The van der Waals surface area contributed by atoms with Gasteiger partial charge in [0, 0.05) is 71.0 Å². The topological polar surface area (TPSA) is 134 Å². The first kappa shape index (κ1) is 52.6. The summed E-state index contributed by atoms with van der Waals surface area (Å²) >= 11 is 0. The van der Waals surface area contributed by atoms with Crippen molar-refractivity contribution in [3.05, 3.63) is 141 Å². The van der Waals surface area contributed by atoms with Crippen LogP contribution in [0.5, 0.6) is 17.2 Å². The number of ether oxygens (including phenoxy) is 6. The van der Waals surface area contributed by atoms with Gasteiger partial charge in [0.2, 0.25) is 0 Å². The molecule has 0 aromatic heterocycles. The van der Waals surface area contributed by atoms with Gasteiger partial charge in [0.15, 0.2) is 11.5 Å². The standard InChI is InChI=1S/C58H70N4O9S2/c1-39-27-49-42(15-17-46-31-44-11-6-8-13-51(44)61(46)56(49)63)33-53(39)69-36-40-28-41(30-48(29-40)60(19-21-67-24-25-68-23-22-65-4)38-58(2,3)73-72-26-10-20-71-59)37-70-55-34-43-16-18-47-32-45-12-7-9-14-52(45)62(47)57(64)50(43)35-54(55)66-5/h6-9,11-14,27-30,33-35,46-47H,10,15-26,31-32,36-38,59H2,1-5H3/t46-,47-/m1/s1. The third kappa shape index (κ3) is 12.5. The molecule has 0 unspecified atom stereocenters. The van der Waals surface area contributed by atoms with Crippen molar-refractivity contribution in [3.8, 4) is 17.2 Å². The second kappa shape index (κ2) is 24.4. The Bertz CT molecular complexity index is 2740. The van der Waals surface area contributed by atoms with E-state index in [1.54, 1.807) is 14.2 Å². The Morgan fingerprint density at radius 2 is 1.25 bits per heavy atom. The summed E-state index contributed by atoms with van der Waals surface area (Å²) in [6, 6.07) is 31.3. The molecule has 2 N–H and O–H groups in total. The predicted octanol–water partition coefficient (Wildman–Crippen LogP) is 10.1. The fourth-order valence-corrected chi connectivity index (χ4v) is 13.2. The minimum absolute atomic E-state index is 0.00109. The van der Waals surface area contributed by atoms with Crippen LogP contribution in [0.4, 0.5) is 17.1 Å². The number of para-hydroxylation sites is 2. The van der Waals surface area contributed by atoms with Crippen molar-refractivity contribution in [1.29, 1.82) is 0 Å². The number of hydrogen-bond donors (Lipinski definition) is 1. The van der Waals surface area contributed by atoms with Crippen LogP contribution in [-0.4, -0.2) is 101 Å². The predicted molar refractivity (Wildman–Crippen MR) is 292 cm³/mol. The number of anilines is 3. The minimum atomic E-state index is -0.155. The first-order valence-electron chi connectivity index (χ1n) is 25.6. The number of rotatable bonds is 25. The van der Waals surface area contributed by atoms with E-state index in [1.807, 2.05) is 80.8 Å². The van der Waals surface area contributed by atoms with E-state index < -0.39 is 0 Å². The Morgan fingerprint density at radius 3 is 1.86 bits per heavy atom. The number of aryl methyl sites for hydroxylation is 3. The van der Waals surface area contributed by atoms with Gasteiger partial charge in [0.05, 0.1) is 46.8 Å². The quantitative estimate of drug-likeness (QED) is 0.0338. The van der Waals surface area contributed by atoms with Gasteiger partial charge in [-0.05, 0) is 159 Å². The van der Waals surface area contributed by atoms with Gasteiger partial charge < -0.3 is 48.0 Å². The first-order valence-corrected chi connectivity index (χ1v) is 27.9. The number of nitrogens with zero attached hydrogens (tertiary/aromatic N) is 3.